The van der Waals surface area contributed by atoms with Crippen molar-refractivity contribution < 1.29 is 9.47 Å². The van der Waals surface area contributed by atoms with Crippen molar-refractivity contribution in [2.75, 3.05) is 12.2 Å². The average Bonchev–Trinajstić information content (AvgIpc) is 3.12. The molecular weight excluding hydrogens is 316 g/mol. The first-order valence-electron chi connectivity index (χ1n) is 8.18. The normalized spacial score (nSPS) is 13.2. The minimum Gasteiger partial charge on any atom is -0.454 e. The summed E-state index contributed by atoms with van der Waals surface area (Å²) in [7, 11) is 0. The number of hydrazone groups is 1. The summed E-state index contributed by atoms with van der Waals surface area (Å²) in [6.45, 7) is 2.30. The number of nitrogens with zero attached hydrogens (tertiary/aromatic N) is 3. The van der Waals surface area contributed by atoms with E-state index in [9.17, 15) is 0 Å². The Balaban J connectivity index is 1.41. The minimum atomic E-state index is 0.301. The molecule has 3 aromatic rings. The molecule has 0 unspecified atom stereocenters. The van der Waals surface area contributed by atoms with Gasteiger partial charge in [0.05, 0.1) is 6.20 Å². The average molecular weight is 334 g/mol. The molecule has 0 saturated carbocycles. The number of rotatable bonds is 5. The van der Waals surface area contributed by atoms with E-state index in [0.717, 1.165) is 40.8 Å². The molecule has 1 aliphatic heterocycles. The van der Waals surface area contributed by atoms with Gasteiger partial charge in [-0.1, -0.05) is 30.3 Å². The second-order valence-electron chi connectivity index (χ2n) is 5.93. The summed E-state index contributed by atoms with van der Waals surface area (Å²) >= 11 is 0. The summed E-state index contributed by atoms with van der Waals surface area (Å²) in [6.07, 6.45) is 3.47. The van der Waals surface area contributed by atoms with Crippen molar-refractivity contribution in [3.63, 3.8) is 0 Å². The Hall–Kier alpha value is -3.15. The van der Waals surface area contributed by atoms with Gasteiger partial charge in [-0.3, -0.25) is 5.43 Å². The first-order valence-corrected chi connectivity index (χ1v) is 8.18. The van der Waals surface area contributed by atoms with Crippen LogP contribution in [0.15, 0.2) is 53.8 Å². The molecule has 1 aromatic heterocycles. The van der Waals surface area contributed by atoms with Gasteiger partial charge in [0, 0.05) is 16.5 Å². The minimum absolute atomic E-state index is 0.301. The molecule has 1 aliphatic rings. The maximum absolute atomic E-state index is 5.41. The molecule has 0 amide bonds. The maximum Gasteiger partial charge on any atom is 0.231 e. The summed E-state index contributed by atoms with van der Waals surface area (Å²) in [5.41, 5.74) is 5.23. The van der Waals surface area contributed by atoms with Gasteiger partial charge in [0.1, 0.15) is 0 Å². The fourth-order valence-electron chi connectivity index (χ4n) is 2.74. The van der Waals surface area contributed by atoms with Gasteiger partial charge in [0.15, 0.2) is 17.3 Å². The number of anilines is 1. The van der Waals surface area contributed by atoms with Gasteiger partial charge < -0.3 is 9.47 Å². The second kappa shape index (κ2) is 6.76. The number of ether oxygens (including phenoxy) is 2. The fraction of sp³-hybridized carbons (Fsp3) is 0.211. The van der Waals surface area contributed by atoms with Crippen LogP contribution in [0, 0.1) is 0 Å². The number of benzene rings is 2. The zero-order chi connectivity index (χ0) is 17.1. The van der Waals surface area contributed by atoms with E-state index in [2.05, 4.69) is 26.8 Å². The third-order valence-electron chi connectivity index (χ3n) is 4.14. The van der Waals surface area contributed by atoms with Gasteiger partial charge in [-0.05, 0) is 37.5 Å². The third kappa shape index (κ3) is 3.38. The van der Waals surface area contributed by atoms with Crippen LogP contribution in [0.1, 0.15) is 18.9 Å². The van der Waals surface area contributed by atoms with Crippen LogP contribution in [-0.2, 0) is 6.42 Å². The molecule has 0 atom stereocenters. The number of nitrogens with one attached hydrogen (secondary N) is 1. The Morgan fingerprint density at radius 3 is 3.00 bits per heavy atom. The van der Waals surface area contributed by atoms with Crippen molar-refractivity contribution in [3.05, 3.63) is 54.2 Å². The first-order chi connectivity index (χ1) is 12.3. The summed E-state index contributed by atoms with van der Waals surface area (Å²) in [6, 6.07) is 14.0. The van der Waals surface area contributed by atoms with Crippen LogP contribution < -0.4 is 14.9 Å². The molecule has 4 rings (SSSR count). The Bertz CT molecular complexity index is 934. The number of fused-ring (bicyclic) bond motifs is 2. The van der Waals surface area contributed by atoms with Crippen LogP contribution in [0.4, 0.5) is 5.82 Å². The van der Waals surface area contributed by atoms with Gasteiger partial charge in [-0.25, -0.2) is 0 Å². The highest BCUT2D eigenvalue weighted by molar-refractivity contribution is 5.91. The Morgan fingerprint density at radius 1 is 1.16 bits per heavy atom. The molecule has 2 aromatic carbocycles. The van der Waals surface area contributed by atoms with Crippen molar-refractivity contribution in [3.8, 4) is 11.5 Å². The van der Waals surface area contributed by atoms with Gasteiger partial charge in [-0.15, -0.1) is 5.10 Å². The predicted octanol–water partition coefficient (Wildman–Crippen LogP) is 3.78. The lowest BCUT2D eigenvalue weighted by molar-refractivity contribution is 0.174. The number of hydrogen-bond donors (Lipinski definition) is 1. The quantitative estimate of drug-likeness (QED) is 0.568. The topological polar surface area (TPSA) is 68.6 Å². The van der Waals surface area contributed by atoms with Gasteiger partial charge in [0.2, 0.25) is 6.79 Å². The van der Waals surface area contributed by atoms with E-state index in [0.29, 0.717) is 12.6 Å². The molecule has 25 heavy (non-hydrogen) atoms. The zero-order valence-electron chi connectivity index (χ0n) is 13.9. The van der Waals surface area contributed by atoms with E-state index in [1.807, 2.05) is 43.3 Å². The van der Waals surface area contributed by atoms with Gasteiger partial charge in [0.25, 0.3) is 0 Å². The van der Waals surface area contributed by atoms with Gasteiger partial charge >= 0.3 is 0 Å². The van der Waals surface area contributed by atoms with Gasteiger partial charge in [-0.2, -0.15) is 10.2 Å². The fourth-order valence-corrected chi connectivity index (χ4v) is 2.74. The maximum atomic E-state index is 5.41. The molecule has 6 nitrogen and oxygen atoms in total. The second-order valence-corrected chi connectivity index (χ2v) is 5.93. The molecule has 126 valence electrons. The van der Waals surface area contributed by atoms with Crippen molar-refractivity contribution in [2.24, 2.45) is 5.10 Å². The van der Waals surface area contributed by atoms with Crippen LogP contribution in [0.5, 0.6) is 11.5 Å². The number of hydrogen-bond acceptors (Lipinski definition) is 6. The van der Waals surface area contributed by atoms with E-state index in [1.54, 1.807) is 6.20 Å². The lowest BCUT2D eigenvalue weighted by atomic mass is 10.1. The molecule has 0 spiro atoms. The third-order valence-corrected chi connectivity index (χ3v) is 4.14. The van der Waals surface area contributed by atoms with Crippen LogP contribution in [0.3, 0.4) is 0 Å². The first kappa shape index (κ1) is 15.4. The van der Waals surface area contributed by atoms with Crippen LogP contribution in [0.25, 0.3) is 10.8 Å². The molecule has 0 bridgehead atoms. The molecule has 2 heterocycles. The summed E-state index contributed by atoms with van der Waals surface area (Å²) in [5, 5.41) is 14.6. The highest BCUT2D eigenvalue weighted by atomic mass is 16.7. The van der Waals surface area contributed by atoms with E-state index in [4.69, 9.17) is 9.47 Å². The molecule has 0 fully saturated rings. The summed E-state index contributed by atoms with van der Waals surface area (Å²) < 4.78 is 10.7. The molecule has 0 radical (unpaired) electrons. The molecule has 6 heteroatoms. The standard InChI is InChI=1S/C19H18N4O2/c1-13(6-7-14-8-9-17-18(10-14)25-12-24-17)21-23-19-16-5-3-2-4-15(16)11-20-22-19/h2-5,8-11H,6-7,12H2,1H3,(H,22,23)/b21-13+. The molecule has 0 saturated heterocycles. The van der Waals surface area contributed by atoms with Crippen molar-refractivity contribution >= 4 is 22.3 Å². The number of aryl methyl sites for hydroxylation is 1. The Labute approximate surface area is 145 Å². The number of aromatic nitrogens is 2. The van der Waals surface area contributed by atoms with Crippen LogP contribution >= 0.6 is 0 Å². The molecular formula is C19H18N4O2. The Morgan fingerprint density at radius 2 is 2.04 bits per heavy atom. The monoisotopic (exact) mass is 334 g/mol. The summed E-state index contributed by atoms with van der Waals surface area (Å²) in [4.78, 5) is 0. The zero-order valence-corrected chi connectivity index (χ0v) is 13.9. The Kier molecular flexibility index (Phi) is 4.16. The molecule has 1 N–H and O–H groups in total. The predicted molar refractivity (Wildman–Crippen MR) is 97.2 cm³/mol. The highest BCUT2D eigenvalue weighted by Crippen LogP contribution is 2.32. The van der Waals surface area contributed by atoms with Crippen molar-refractivity contribution in [1.82, 2.24) is 10.2 Å². The van der Waals surface area contributed by atoms with E-state index in [1.165, 1.54) is 5.56 Å². The van der Waals surface area contributed by atoms with E-state index >= 15 is 0 Å². The van der Waals surface area contributed by atoms with Crippen LogP contribution in [-0.4, -0.2) is 22.7 Å². The SMILES string of the molecule is C/C(CCc1ccc2c(c1)OCO2)=N\Nc1nncc2ccccc12. The van der Waals surface area contributed by atoms with E-state index in [-0.39, 0.29) is 0 Å². The van der Waals surface area contributed by atoms with E-state index < -0.39 is 0 Å². The smallest absolute Gasteiger partial charge is 0.231 e. The van der Waals surface area contributed by atoms with Crippen LogP contribution in [0.2, 0.25) is 0 Å². The summed E-state index contributed by atoms with van der Waals surface area (Å²) in [5.74, 6) is 2.29. The lowest BCUT2D eigenvalue weighted by Gasteiger charge is -2.06. The van der Waals surface area contributed by atoms with Crippen molar-refractivity contribution in [2.45, 2.75) is 19.8 Å². The molecule has 0 aliphatic carbocycles. The highest BCUT2D eigenvalue weighted by Gasteiger charge is 2.13. The largest absolute Gasteiger partial charge is 0.454 e. The lowest BCUT2D eigenvalue weighted by Crippen LogP contribution is -2.02. The van der Waals surface area contributed by atoms with Crippen molar-refractivity contribution in [1.29, 1.82) is 0 Å².